The third-order valence-electron chi connectivity index (χ3n) is 5.53. The van der Waals surface area contributed by atoms with Crippen LogP contribution in [-0.2, 0) is 13.7 Å². The highest BCUT2D eigenvalue weighted by atomic mass is 16.5. The Morgan fingerprint density at radius 3 is 2.62 bits per heavy atom. The number of benzene rings is 3. The molecule has 0 saturated carbocycles. The van der Waals surface area contributed by atoms with Crippen molar-refractivity contribution in [1.29, 1.82) is 5.26 Å². The van der Waals surface area contributed by atoms with E-state index in [1.807, 2.05) is 60.2 Å². The normalized spacial score (nSPS) is 11.4. The minimum Gasteiger partial charge on any atom is -0.493 e. The number of para-hydroxylation sites is 2. The maximum absolute atomic E-state index is 9.80. The second-order valence-electron chi connectivity index (χ2n) is 7.78. The van der Waals surface area contributed by atoms with Crippen molar-refractivity contribution in [2.24, 2.45) is 7.05 Å². The molecule has 0 spiro atoms. The molecule has 0 bridgehead atoms. The summed E-state index contributed by atoms with van der Waals surface area (Å²) in [7, 11) is 3.53. The molecule has 32 heavy (non-hydrogen) atoms. The third kappa shape index (κ3) is 4.21. The van der Waals surface area contributed by atoms with Crippen LogP contribution in [0, 0.1) is 25.2 Å². The van der Waals surface area contributed by atoms with Gasteiger partial charge in [-0.05, 0) is 60.9 Å². The number of imidazole rings is 1. The van der Waals surface area contributed by atoms with Gasteiger partial charge in [0.25, 0.3) is 0 Å². The van der Waals surface area contributed by atoms with Gasteiger partial charge in [-0.3, -0.25) is 0 Å². The number of nitriles is 1. The standard InChI is InChI=1S/C27H25N3O2/c1-18-9-10-19(2)22(13-18)17-32-25-12-11-20(15-26(25)31-4)14-21(16-28)27-29-23-7-5-6-8-24(23)30(27)3/h5-15H,17H2,1-4H3/b21-14-. The number of aryl methyl sites for hydroxylation is 3. The molecule has 0 saturated heterocycles. The molecule has 4 rings (SSSR count). The number of allylic oxidation sites excluding steroid dienone is 1. The van der Waals surface area contributed by atoms with Gasteiger partial charge in [-0.1, -0.05) is 42.0 Å². The summed E-state index contributed by atoms with van der Waals surface area (Å²) in [5.41, 5.74) is 6.70. The summed E-state index contributed by atoms with van der Waals surface area (Å²) in [4.78, 5) is 4.63. The van der Waals surface area contributed by atoms with E-state index in [0.29, 0.717) is 29.5 Å². The van der Waals surface area contributed by atoms with Crippen LogP contribution in [0.25, 0.3) is 22.7 Å². The van der Waals surface area contributed by atoms with E-state index in [9.17, 15) is 5.26 Å². The van der Waals surface area contributed by atoms with Gasteiger partial charge in [-0.25, -0.2) is 4.98 Å². The van der Waals surface area contributed by atoms with Gasteiger partial charge in [0.15, 0.2) is 17.3 Å². The van der Waals surface area contributed by atoms with Crippen molar-refractivity contribution in [2.75, 3.05) is 7.11 Å². The zero-order valence-corrected chi connectivity index (χ0v) is 18.7. The number of ether oxygens (including phenoxy) is 2. The summed E-state index contributed by atoms with van der Waals surface area (Å²) in [6.45, 7) is 4.61. The van der Waals surface area contributed by atoms with E-state index in [4.69, 9.17) is 9.47 Å². The van der Waals surface area contributed by atoms with Crippen LogP contribution in [-0.4, -0.2) is 16.7 Å². The maximum atomic E-state index is 9.80. The Morgan fingerprint density at radius 1 is 1.06 bits per heavy atom. The first-order valence-electron chi connectivity index (χ1n) is 10.4. The number of rotatable bonds is 6. The van der Waals surface area contributed by atoms with Gasteiger partial charge in [-0.15, -0.1) is 0 Å². The number of hydrogen-bond donors (Lipinski definition) is 0. The lowest BCUT2D eigenvalue weighted by atomic mass is 10.1. The van der Waals surface area contributed by atoms with Gasteiger partial charge >= 0.3 is 0 Å². The van der Waals surface area contributed by atoms with Crippen molar-refractivity contribution in [3.63, 3.8) is 0 Å². The van der Waals surface area contributed by atoms with Crippen LogP contribution in [0.3, 0.4) is 0 Å². The number of methoxy groups -OCH3 is 1. The van der Waals surface area contributed by atoms with Crippen LogP contribution in [0.5, 0.6) is 11.5 Å². The first-order chi connectivity index (χ1) is 15.5. The summed E-state index contributed by atoms with van der Waals surface area (Å²) in [5, 5.41) is 9.80. The molecule has 0 aliphatic rings. The van der Waals surface area contributed by atoms with E-state index in [0.717, 1.165) is 22.2 Å². The minimum absolute atomic E-state index is 0.461. The van der Waals surface area contributed by atoms with Crippen LogP contribution in [0.4, 0.5) is 0 Å². The summed E-state index contributed by atoms with van der Waals surface area (Å²) >= 11 is 0. The summed E-state index contributed by atoms with van der Waals surface area (Å²) in [5.74, 6) is 1.90. The van der Waals surface area contributed by atoms with Gasteiger partial charge in [0.2, 0.25) is 0 Å². The van der Waals surface area contributed by atoms with Crippen molar-refractivity contribution < 1.29 is 9.47 Å². The van der Waals surface area contributed by atoms with Gasteiger partial charge in [0, 0.05) is 7.05 Å². The maximum Gasteiger partial charge on any atom is 0.161 e. The lowest BCUT2D eigenvalue weighted by molar-refractivity contribution is 0.284. The first-order valence-corrected chi connectivity index (χ1v) is 10.4. The average Bonchev–Trinajstić information content (AvgIpc) is 3.14. The molecule has 0 atom stereocenters. The Balaban J connectivity index is 1.62. The molecule has 0 amide bonds. The molecule has 4 aromatic rings. The highest BCUT2D eigenvalue weighted by Gasteiger charge is 2.13. The molecule has 0 aliphatic carbocycles. The fourth-order valence-electron chi connectivity index (χ4n) is 3.70. The average molecular weight is 424 g/mol. The summed E-state index contributed by atoms with van der Waals surface area (Å²) < 4.78 is 13.5. The van der Waals surface area contributed by atoms with E-state index in [-0.39, 0.29) is 0 Å². The number of nitrogens with zero attached hydrogens (tertiary/aromatic N) is 3. The largest absolute Gasteiger partial charge is 0.493 e. The predicted molar refractivity (Wildman–Crippen MR) is 127 cm³/mol. The molecule has 0 fully saturated rings. The lowest BCUT2D eigenvalue weighted by Gasteiger charge is -2.13. The SMILES string of the molecule is COc1cc(/C=C(/C#N)c2nc3ccccc3n2C)ccc1OCc1cc(C)ccc1C. The zero-order valence-electron chi connectivity index (χ0n) is 18.7. The lowest BCUT2D eigenvalue weighted by Crippen LogP contribution is -2.00. The predicted octanol–water partition coefficient (Wildman–Crippen LogP) is 5.84. The Hall–Kier alpha value is -4.04. The van der Waals surface area contributed by atoms with Crippen LogP contribution in [0.1, 0.15) is 28.1 Å². The van der Waals surface area contributed by atoms with Crippen molar-refractivity contribution in [2.45, 2.75) is 20.5 Å². The van der Waals surface area contributed by atoms with E-state index in [1.165, 1.54) is 11.1 Å². The molecule has 0 aliphatic heterocycles. The first kappa shape index (κ1) is 21.2. The Morgan fingerprint density at radius 2 is 1.88 bits per heavy atom. The van der Waals surface area contributed by atoms with Crippen molar-refractivity contribution in [3.8, 4) is 17.6 Å². The molecule has 0 unspecified atom stereocenters. The monoisotopic (exact) mass is 423 g/mol. The summed E-state index contributed by atoms with van der Waals surface area (Å²) in [6.07, 6.45) is 1.82. The van der Waals surface area contributed by atoms with E-state index in [1.54, 1.807) is 7.11 Å². The molecule has 1 aromatic heterocycles. The second kappa shape index (κ2) is 8.99. The van der Waals surface area contributed by atoms with Crippen LogP contribution >= 0.6 is 0 Å². The summed E-state index contributed by atoms with van der Waals surface area (Å²) in [6, 6.07) is 22.1. The fourth-order valence-corrected chi connectivity index (χ4v) is 3.70. The number of fused-ring (bicyclic) bond motifs is 1. The minimum atomic E-state index is 0.461. The van der Waals surface area contributed by atoms with E-state index in [2.05, 4.69) is 43.1 Å². The Labute approximate surface area is 188 Å². The number of aromatic nitrogens is 2. The van der Waals surface area contributed by atoms with E-state index < -0.39 is 0 Å². The van der Waals surface area contributed by atoms with Crippen molar-refractivity contribution >= 4 is 22.7 Å². The molecule has 5 heteroatoms. The Bertz CT molecular complexity index is 1360. The topological polar surface area (TPSA) is 60.1 Å². The van der Waals surface area contributed by atoms with Gasteiger partial charge in [-0.2, -0.15) is 5.26 Å². The highest BCUT2D eigenvalue weighted by Crippen LogP contribution is 2.31. The highest BCUT2D eigenvalue weighted by molar-refractivity contribution is 5.91. The fraction of sp³-hybridized carbons (Fsp3) is 0.185. The molecular formula is C27H25N3O2. The molecule has 0 N–H and O–H groups in total. The van der Waals surface area contributed by atoms with Gasteiger partial charge in [0.05, 0.1) is 23.7 Å². The van der Waals surface area contributed by atoms with Crippen LogP contribution in [0.2, 0.25) is 0 Å². The van der Waals surface area contributed by atoms with E-state index >= 15 is 0 Å². The van der Waals surface area contributed by atoms with Crippen molar-refractivity contribution in [3.05, 3.63) is 88.7 Å². The molecule has 0 radical (unpaired) electrons. The van der Waals surface area contributed by atoms with Gasteiger partial charge in [0.1, 0.15) is 12.7 Å². The molecule has 3 aromatic carbocycles. The molecular weight excluding hydrogens is 398 g/mol. The smallest absolute Gasteiger partial charge is 0.161 e. The molecule has 160 valence electrons. The van der Waals surface area contributed by atoms with Crippen molar-refractivity contribution in [1.82, 2.24) is 9.55 Å². The zero-order chi connectivity index (χ0) is 22.7. The van der Waals surface area contributed by atoms with Crippen LogP contribution in [0.15, 0.2) is 60.7 Å². The number of hydrogen-bond acceptors (Lipinski definition) is 4. The Kier molecular flexibility index (Phi) is 5.96. The molecule has 5 nitrogen and oxygen atoms in total. The van der Waals surface area contributed by atoms with Gasteiger partial charge < -0.3 is 14.0 Å². The molecule has 1 heterocycles. The van der Waals surface area contributed by atoms with Crippen LogP contribution < -0.4 is 9.47 Å². The second-order valence-corrected chi connectivity index (χ2v) is 7.78. The third-order valence-corrected chi connectivity index (χ3v) is 5.53. The quantitative estimate of drug-likeness (QED) is 0.366.